The summed E-state index contributed by atoms with van der Waals surface area (Å²) < 4.78 is 12.7. The van der Waals surface area contributed by atoms with Gasteiger partial charge in [-0.25, -0.2) is 0 Å². The Kier molecular flexibility index (Phi) is 4.84. The molecule has 0 radical (unpaired) electrons. The number of ether oxygens (including phenoxy) is 2. The highest BCUT2D eigenvalue weighted by Crippen LogP contribution is 2.30. The Balaban J connectivity index is 1.71. The Morgan fingerprint density at radius 2 is 2.10 bits per heavy atom. The molecule has 0 fully saturated rings. The molecule has 110 valence electrons. The highest BCUT2D eigenvalue weighted by atomic mass is 79.9. The molecule has 21 heavy (non-hydrogen) atoms. The van der Waals surface area contributed by atoms with E-state index in [2.05, 4.69) is 34.1 Å². The third kappa shape index (κ3) is 3.42. The molecule has 1 heterocycles. The average molecular weight is 368 g/mol. The predicted octanol–water partition coefficient (Wildman–Crippen LogP) is 4.88. The van der Waals surface area contributed by atoms with Crippen LogP contribution in [-0.2, 0) is 17.0 Å². The van der Waals surface area contributed by atoms with E-state index in [4.69, 9.17) is 21.1 Å². The van der Waals surface area contributed by atoms with Crippen molar-refractivity contribution in [1.29, 1.82) is 0 Å². The summed E-state index contributed by atoms with van der Waals surface area (Å²) in [7, 11) is 0. The fraction of sp³-hybridized carbons (Fsp3) is 0.294. The van der Waals surface area contributed by atoms with Crippen molar-refractivity contribution in [2.24, 2.45) is 0 Å². The molecule has 0 saturated heterocycles. The maximum atomic E-state index is 5.92. The number of rotatable bonds is 4. The largest absolute Gasteiger partial charge is 0.489 e. The fourth-order valence-electron chi connectivity index (χ4n) is 2.52. The molecule has 2 nitrogen and oxygen atoms in total. The number of fused-ring (bicyclic) bond motifs is 1. The molecular formula is C17H16BrClO2. The molecule has 1 aliphatic rings. The van der Waals surface area contributed by atoms with Crippen molar-refractivity contribution in [2.75, 3.05) is 13.2 Å². The zero-order chi connectivity index (χ0) is 14.7. The molecule has 0 N–H and O–H groups in total. The number of hydrogen-bond acceptors (Lipinski definition) is 2. The fourth-order valence-corrected chi connectivity index (χ4v) is 3.23. The van der Waals surface area contributed by atoms with E-state index in [0.29, 0.717) is 12.5 Å². The second kappa shape index (κ2) is 6.82. The normalized spacial score (nSPS) is 17.3. The smallest absolute Gasteiger partial charge is 0.133 e. The van der Waals surface area contributed by atoms with Crippen molar-refractivity contribution in [3.63, 3.8) is 0 Å². The molecule has 0 aliphatic carbocycles. The van der Waals surface area contributed by atoms with E-state index in [0.717, 1.165) is 28.8 Å². The minimum atomic E-state index is -0.00504. The van der Waals surface area contributed by atoms with Gasteiger partial charge < -0.3 is 9.47 Å². The van der Waals surface area contributed by atoms with Crippen LogP contribution in [0.5, 0.6) is 5.75 Å². The summed E-state index contributed by atoms with van der Waals surface area (Å²) in [5.74, 6) is 1.31. The zero-order valence-corrected chi connectivity index (χ0v) is 13.9. The zero-order valence-electron chi connectivity index (χ0n) is 11.5. The van der Waals surface area contributed by atoms with Crippen LogP contribution in [0.15, 0.2) is 46.9 Å². The van der Waals surface area contributed by atoms with E-state index in [-0.39, 0.29) is 6.10 Å². The summed E-state index contributed by atoms with van der Waals surface area (Å²) in [6.07, 6.45) is 0.968. The second-order valence-electron chi connectivity index (χ2n) is 5.02. The highest BCUT2D eigenvalue weighted by Gasteiger charge is 2.21. The maximum Gasteiger partial charge on any atom is 0.133 e. The van der Waals surface area contributed by atoms with Gasteiger partial charge in [0.05, 0.1) is 11.1 Å². The summed E-state index contributed by atoms with van der Waals surface area (Å²) in [5.41, 5.74) is 3.65. The quantitative estimate of drug-likeness (QED) is 0.717. The number of alkyl halides is 1. The molecule has 0 spiro atoms. The summed E-state index contributed by atoms with van der Waals surface area (Å²) in [4.78, 5) is 0. The van der Waals surface area contributed by atoms with Gasteiger partial charge in [0.25, 0.3) is 0 Å². The first kappa shape index (κ1) is 14.9. The van der Waals surface area contributed by atoms with Crippen LogP contribution >= 0.6 is 27.5 Å². The van der Waals surface area contributed by atoms with E-state index in [1.54, 1.807) is 0 Å². The first-order chi connectivity index (χ1) is 10.3. The van der Waals surface area contributed by atoms with Gasteiger partial charge in [0, 0.05) is 5.88 Å². The molecule has 2 aromatic rings. The van der Waals surface area contributed by atoms with E-state index >= 15 is 0 Å². The van der Waals surface area contributed by atoms with Crippen LogP contribution in [0.3, 0.4) is 0 Å². The minimum absolute atomic E-state index is 0.00504. The van der Waals surface area contributed by atoms with Crippen molar-refractivity contribution >= 4 is 27.5 Å². The Labute approximate surface area is 138 Å². The first-order valence-corrected chi connectivity index (χ1v) is 8.27. The standard InChI is InChI=1S/C17H16BrClO2/c18-15-9-12(10-19)5-6-16(15)21-11-17-14-4-2-1-3-13(14)7-8-20-17/h1-6,9,17H,7-8,10-11H2. The Morgan fingerprint density at radius 3 is 2.90 bits per heavy atom. The van der Waals surface area contributed by atoms with Gasteiger partial charge in [0.1, 0.15) is 18.5 Å². The number of benzene rings is 2. The van der Waals surface area contributed by atoms with Crippen LogP contribution in [-0.4, -0.2) is 13.2 Å². The van der Waals surface area contributed by atoms with Crippen molar-refractivity contribution < 1.29 is 9.47 Å². The summed E-state index contributed by atoms with van der Waals surface area (Å²) in [5, 5.41) is 0. The number of hydrogen-bond donors (Lipinski definition) is 0. The second-order valence-corrected chi connectivity index (χ2v) is 6.14. The molecular weight excluding hydrogens is 352 g/mol. The molecule has 0 amide bonds. The molecule has 1 atom stereocenters. The van der Waals surface area contributed by atoms with Crippen molar-refractivity contribution in [2.45, 2.75) is 18.4 Å². The lowest BCUT2D eigenvalue weighted by Crippen LogP contribution is -2.21. The molecule has 1 unspecified atom stereocenters. The van der Waals surface area contributed by atoms with E-state index < -0.39 is 0 Å². The SMILES string of the molecule is ClCc1ccc(OCC2OCCc3ccccc32)c(Br)c1. The summed E-state index contributed by atoms with van der Waals surface area (Å²) in [6, 6.07) is 14.3. The molecule has 0 aromatic heterocycles. The monoisotopic (exact) mass is 366 g/mol. The lowest BCUT2D eigenvalue weighted by Gasteiger charge is -2.26. The van der Waals surface area contributed by atoms with Crippen molar-refractivity contribution in [3.8, 4) is 5.75 Å². The molecule has 0 saturated carbocycles. The topological polar surface area (TPSA) is 18.5 Å². The Morgan fingerprint density at radius 1 is 1.24 bits per heavy atom. The predicted molar refractivity (Wildman–Crippen MR) is 88.0 cm³/mol. The minimum Gasteiger partial charge on any atom is -0.489 e. The van der Waals surface area contributed by atoms with Crippen LogP contribution in [0.4, 0.5) is 0 Å². The van der Waals surface area contributed by atoms with Crippen LogP contribution in [0.1, 0.15) is 22.8 Å². The van der Waals surface area contributed by atoms with Crippen LogP contribution in [0.2, 0.25) is 0 Å². The van der Waals surface area contributed by atoms with Gasteiger partial charge in [-0.2, -0.15) is 0 Å². The Bertz CT molecular complexity index is 630. The van der Waals surface area contributed by atoms with Gasteiger partial charge in [0.2, 0.25) is 0 Å². The van der Waals surface area contributed by atoms with Gasteiger partial charge in [-0.1, -0.05) is 30.3 Å². The average Bonchev–Trinajstić information content (AvgIpc) is 2.53. The lowest BCUT2D eigenvalue weighted by molar-refractivity contribution is 0.0100. The van der Waals surface area contributed by atoms with Gasteiger partial charge in [-0.3, -0.25) is 0 Å². The number of halogens is 2. The Hall–Kier alpha value is -1.03. The van der Waals surface area contributed by atoms with Crippen LogP contribution < -0.4 is 4.74 Å². The third-order valence-electron chi connectivity index (χ3n) is 3.63. The van der Waals surface area contributed by atoms with Crippen molar-refractivity contribution in [1.82, 2.24) is 0 Å². The molecule has 3 rings (SSSR count). The molecule has 4 heteroatoms. The van der Waals surface area contributed by atoms with Gasteiger partial charge in [0.15, 0.2) is 0 Å². The summed E-state index contributed by atoms with van der Waals surface area (Å²) >= 11 is 9.34. The van der Waals surface area contributed by atoms with Crippen LogP contribution in [0, 0.1) is 0 Å². The third-order valence-corrected chi connectivity index (χ3v) is 4.56. The lowest BCUT2D eigenvalue weighted by atomic mass is 9.98. The highest BCUT2D eigenvalue weighted by molar-refractivity contribution is 9.10. The molecule has 1 aliphatic heterocycles. The van der Waals surface area contributed by atoms with Crippen molar-refractivity contribution in [3.05, 3.63) is 63.6 Å². The van der Waals surface area contributed by atoms with Gasteiger partial charge in [-0.05, 0) is 51.2 Å². The van der Waals surface area contributed by atoms with Crippen LogP contribution in [0.25, 0.3) is 0 Å². The van der Waals surface area contributed by atoms with Gasteiger partial charge >= 0.3 is 0 Å². The molecule has 0 bridgehead atoms. The maximum absolute atomic E-state index is 5.92. The van der Waals surface area contributed by atoms with E-state index in [1.165, 1.54) is 11.1 Å². The first-order valence-electron chi connectivity index (χ1n) is 6.94. The summed E-state index contributed by atoms with van der Waals surface area (Å²) in [6.45, 7) is 1.26. The van der Waals surface area contributed by atoms with E-state index in [1.807, 2.05) is 24.3 Å². The molecule has 2 aromatic carbocycles. The van der Waals surface area contributed by atoms with Gasteiger partial charge in [-0.15, -0.1) is 11.6 Å². The van der Waals surface area contributed by atoms with E-state index in [9.17, 15) is 0 Å².